The number of aromatic amines is 1. The van der Waals surface area contributed by atoms with Crippen molar-refractivity contribution in [2.45, 2.75) is 18.9 Å². The maximum atomic E-state index is 12.4. The number of aromatic nitrogens is 2. The van der Waals surface area contributed by atoms with Gasteiger partial charge in [0.25, 0.3) is 5.91 Å². The first kappa shape index (κ1) is 18.0. The fourth-order valence-corrected chi connectivity index (χ4v) is 3.25. The van der Waals surface area contributed by atoms with E-state index < -0.39 is 5.97 Å². The maximum absolute atomic E-state index is 12.4. The number of fused-ring (bicyclic) bond motifs is 1. The van der Waals surface area contributed by atoms with Gasteiger partial charge >= 0.3 is 5.97 Å². The van der Waals surface area contributed by atoms with Crippen molar-refractivity contribution in [1.29, 1.82) is 0 Å². The Hall–Kier alpha value is -3.35. The maximum Gasteiger partial charge on any atom is 0.359 e. The van der Waals surface area contributed by atoms with Crippen molar-refractivity contribution in [3.8, 4) is 5.75 Å². The second-order valence-electron chi connectivity index (χ2n) is 6.85. The fourth-order valence-electron chi connectivity index (χ4n) is 3.25. The topological polar surface area (TPSA) is 93.3 Å². The van der Waals surface area contributed by atoms with E-state index in [2.05, 4.69) is 15.5 Å². The molecule has 1 aliphatic rings. The number of rotatable bonds is 7. The summed E-state index contributed by atoms with van der Waals surface area (Å²) in [4.78, 5) is 24.7. The predicted octanol–water partition coefficient (Wildman–Crippen LogP) is 3.00. The molecule has 7 nitrogen and oxygen atoms in total. The summed E-state index contributed by atoms with van der Waals surface area (Å²) in [5.41, 5.74) is 1.94. The number of H-pyrrole nitrogens is 1. The average Bonchev–Trinajstić information content (AvgIpc) is 3.48. The minimum absolute atomic E-state index is 0.0941. The molecule has 0 aliphatic heterocycles. The SMILES string of the molecule is COc1ccc(C(NC(=O)COC(=O)c2n[nH]c3ccccc23)C2CC2)cc1. The van der Waals surface area contributed by atoms with Crippen molar-refractivity contribution in [3.63, 3.8) is 0 Å². The van der Waals surface area contributed by atoms with E-state index in [1.165, 1.54) is 0 Å². The standard InChI is InChI=1S/C21H21N3O4/c1-27-15-10-8-14(9-11-15)19(13-6-7-13)22-18(25)12-28-21(26)20-16-4-2-3-5-17(16)23-24-20/h2-5,8-11,13,19H,6-7,12H2,1H3,(H,22,25)(H,23,24). The molecule has 1 aliphatic carbocycles. The largest absolute Gasteiger partial charge is 0.497 e. The molecule has 4 rings (SSSR count). The molecule has 0 bridgehead atoms. The fraction of sp³-hybridized carbons (Fsp3) is 0.286. The van der Waals surface area contributed by atoms with Crippen molar-refractivity contribution in [1.82, 2.24) is 15.5 Å². The van der Waals surface area contributed by atoms with E-state index in [9.17, 15) is 9.59 Å². The van der Waals surface area contributed by atoms with E-state index in [0.717, 1.165) is 29.7 Å². The van der Waals surface area contributed by atoms with Crippen LogP contribution < -0.4 is 10.1 Å². The summed E-state index contributed by atoms with van der Waals surface area (Å²) in [6.07, 6.45) is 2.13. The van der Waals surface area contributed by atoms with Crippen molar-refractivity contribution in [3.05, 3.63) is 59.8 Å². The van der Waals surface area contributed by atoms with Gasteiger partial charge in [0.15, 0.2) is 12.3 Å². The summed E-state index contributed by atoms with van der Waals surface area (Å²) in [6, 6.07) is 14.8. The number of amides is 1. The molecule has 1 saturated carbocycles. The molecule has 1 amide bonds. The van der Waals surface area contributed by atoms with Crippen LogP contribution in [0.15, 0.2) is 48.5 Å². The Bertz CT molecular complexity index is 992. The number of esters is 1. The molecule has 28 heavy (non-hydrogen) atoms. The minimum Gasteiger partial charge on any atom is -0.497 e. The highest BCUT2D eigenvalue weighted by atomic mass is 16.5. The predicted molar refractivity (Wildman–Crippen MR) is 103 cm³/mol. The number of para-hydroxylation sites is 1. The van der Waals surface area contributed by atoms with Gasteiger partial charge in [0.1, 0.15) is 5.75 Å². The Morgan fingerprint density at radius 1 is 1.18 bits per heavy atom. The van der Waals surface area contributed by atoms with Crippen LogP contribution in [0.2, 0.25) is 0 Å². The van der Waals surface area contributed by atoms with Crippen molar-refractivity contribution >= 4 is 22.8 Å². The van der Waals surface area contributed by atoms with Crippen molar-refractivity contribution in [2.24, 2.45) is 5.92 Å². The van der Waals surface area contributed by atoms with Gasteiger partial charge in [-0.2, -0.15) is 5.10 Å². The zero-order chi connectivity index (χ0) is 19.5. The Morgan fingerprint density at radius 3 is 2.64 bits per heavy atom. The summed E-state index contributed by atoms with van der Waals surface area (Å²) in [7, 11) is 1.62. The number of benzene rings is 2. The molecule has 1 atom stereocenters. The molecule has 0 spiro atoms. The van der Waals surface area contributed by atoms with E-state index in [0.29, 0.717) is 11.3 Å². The summed E-state index contributed by atoms with van der Waals surface area (Å²) in [5.74, 6) is 0.217. The van der Waals surface area contributed by atoms with E-state index in [4.69, 9.17) is 9.47 Å². The molecule has 0 radical (unpaired) electrons. The number of ether oxygens (including phenoxy) is 2. The third-order valence-electron chi connectivity index (χ3n) is 4.88. The quantitative estimate of drug-likeness (QED) is 0.616. The van der Waals surface area contributed by atoms with Crippen LogP contribution in [0.3, 0.4) is 0 Å². The minimum atomic E-state index is -0.625. The number of carbonyl (C=O) groups excluding carboxylic acids is 2. The lowest BCUT2D eigenvalue weighted by Crippen LogP contribution is -2.33. The summed E-state index contributed by atoms with van der Waals surface area (Å²) in [5, 5.41) is 10.4. The second kappa shape index (κ2) is 7.72. The van der Waals surface area contributed by atoms with E-state index in [1.54, 1.807) is 13.2 Å². The molecule has 2 N–H and O–H groups in total. The van der Waals surface area contributed by atoms with Crippen LogP contribution >= 0.6 is 0 Å². The molecule has 2 aromatic carbocycles. The highest BCUT2D eigenvalue weighted by Gasteiger charge is 2.33. The Kier molecular flexibility index (Phi) is 4.97. The summed E-state index contributed by atoms with van der Waals surface area (Å²) in [6.45, 7) is -0.348. The van der Waals surface area contributed by atoms with Gasteiger partial charge in [-0.05, 0) is 42.5 Å². The molecule has 3 aromatic rings. The number of nitrogens with zero attached hydrogens (tertiary/aromatic N) is 1. The number of nitrogens with one attached hydrogen (secondary N) is 2. The molecule has 1 heterocycles. The first-order valence-electron chi connectivity index (χ1n) is 9.19. The summed E-state index contributed by atoms with van der Waals surface area (Å²) < 4.78 is 10.4. The molecular formula is C21H21N3O4. The Balaban J connectivity index is 1.38. The number of methoxy groups -OCH3 is 1. The zero-order valence-corrected chi connectivity index (χ0v) is 15.5. The van der Waals surface area contributed by atoms with Crippen molar-refractivity contribution in [2.75, 3.05) is 13.7 Å². The van der Waals surface area contributed by atoms with Gasteiger partial charge in [-0.15, -0.1) is 0 Å². The van der Waals surface area contributed by atoms with Crippen LogP contribution in [0.4, 0.5) is 0 Å². The normalized spacial score (nSPS) is 14.5. The lowest BCUT2D eigenvalue weighted by Gasteiger charge is -2.19. The number of carbonyl (C=O) groups is 2. The molecule has 0 saturated heterocycles. The van der Waals surface area contributed by atoms with Gasteiger partial charge in [0.05, 0.1) is 18.7 Å². The highest BCUT2D eigenvalue weighted by molar-refractivity contribution is 6.02. The molecule has 144 valence electrons. The zero-order valence-electron chi connectivity index (χ0n) is 15.5. The average molecular weight is 379 g/mol. The van der Waals surface area contributed by atoms with Gasteiger partial charge in [-0.25, -0.2) is 4.79 Å². The summed E-state index contributed by atoms with van der Waals surface area (Å²) >= 11 is 0. The van der Waals surface area contributed by atoms with Crippen LogP contribution in [-0.4, -0.2) is 35.8 Å². The lowest BCUT2D eigenvalue weighted by atomic mass is 10.0. The van der Waals surface area contributed by atoms with Crippen LogP contribution in [-0.2, 0) is 9.53 Å². The van der Waals surface area contributed by atoms with Gasteiger partial charge in [-0.1, -0.05) is 30.3 Å². The first-order chi connectivity index (χ1) is 13.7. The third kappa shape index (κ3) is 3.83. The molecule has 1 fully saturated rings. The van der Waals surface area contributed by atoms with E-state index in [1.807, 2.05) is 42.5 Å². The monoisotopic (exact) mass is 379 g/mol. The van der Waals surface area contributed by atoms with Gasteiger partial charge in [0, 0.05) is 5.39 Å². The van der Waals surface area contributed by atoms with Crippen LogP contribution in [0, 0.1) is 5.92 Å². The molecule has 1 unspecified atom stereocenters. The van der Waals surface area contributed by atoms with Crippen LogP contribution in [0.25, 0.3) is 10.9 Å². The third-order valence-corrected chi connectivity index (χ3v) is 4.88. The van der Waals surface area contributed by atoms with Gasteiger partial charge < -0.3 is 14.8 Å². The van der Waals surface area contributed by atoms with Crippen LogP contribution in [0.1, 0.15) is 34.9 Å². The van der Waals surface area contributed by atoms with E-state index in [-0.39, 0.29) is 24.2 Å². The van der Waals surface area contributed by atoms with Gasteiger partial charge in [-0.3, -0.25) is 9.89 Å². The first-order valence-corrected chi connectivity index (χ1v) is 9.19. The number of hydrogen-bond acceptors (Lipinski definition) is 5. The molecule has 1 aromatic heterocycles. The molecular weight excluding hydrogens is 358 g/mol. The second-order valence-corrected chi connectivity index (χ2v) is 6.85. The van der Waals surface area contributed by atoms with Crippen LogP contribution in [0.5, 0.6) is 5.75 Å². The smallest absolute Gasteiger partial charge is 0.359 e. The van der Waals surface area contributed by atoms with Gasteiger partial charge in [0.2, 0.25) is 0 Å². The van der Waals surface area contributed by atoms with Crippen molar-refractivity contribution < 1.29 is 19.1 Å². The van der Waals surface area contributed by atoms with E-state index >= 15 is 0 Å². The number of hydrogen-bond donors (Lipinski definition) is 2. The lowest BCUT2D eigenvalue weighted by molar-refractivity contribution is -0.125. The molecule has 7 heteroatoms. The Labute approximate surface area is 162 Å². The highest BCUT2D eigenvalue weighted by Crippen LogP contribution is 2.41. The Morgan fingerprint density at radius 2 is 1.93 bits per heavy atom.